The fourth-order valence-corrected chi connectivity index (χ4v) is 2.20. The number of ether oxygens (including phenoxy) is 1. The lowest BCUT2D eigenvalue weighted by Gasteiger charge is -2.20. The Labute approximate surface area is 122 Å². The Kier molecular flexibility index (Phi) is 7.73. The predicted octanol–water partition coefficient (Wildman–Crippen LogP) is 2.43. The fraction of sp³-hybridized carbons (Fsp3) is 0.562. The summed E-state index contributed by atoms with van der Waals surface area (Å²) in [7, 11) is 1.64. The van der Waals surface area contributed by atoms with E-state index in [0.29, 0.717) is 13.1 Å². The van der Waals surface area contributed by atoms with Gasteiger partial charge in [-0.15, -0.1) is 0 Å². The molecule has 0 aliphatic heterocycles. The zero-order valence-corrected chi connectivity index (χ0v) is 12.8. The molecule has 0 heterocycles. The first kappa shape index (κ1) is 16.5. The van der Waals surface area contributed by atoms with Gasteiger partial charge in [0, 0.05) is 12.1 Å². The molecule has 1 aromatic carbocycles. The monoisotopic (exact) mass is 278 g/mol. The molecule has 112 valence electrons. The van der Waals surface area contributed by atoms with E-state index in [2.05, 4.69) is 24.1 Å². The number of carbonyl (C=O) groups excluding carboxylic acids is 1. The van der Waals surface area contributed by atoms with Crippen molar-refractivity contribution in [3.05, 3.63) is 29.8 Å². The van der Waals surface area contributed by atoms with Crippen molar-refractivity contribution < 1.29 is 9.53 Å². The Morgan fingerprint density at radius 1 is 1.20 bits per heavy atom. The van der Waals surface area contributed by atoms with Crippen LogP contribution >= 0.6 is 0 Å². The summed E-state index contributed by atoms with van der Waals surface area (Å²) in [5.41, 5.74) is 1.00. The minimum absolute atomic E-state index is 0.0674. The number of rotatable bonds is 9. The van der Waals surface area contributed by atoms with Crippen LogP contribution in [0.1, 0.15) is 32.3 Å². The first-order chi connectivity index (χ1) is 9.71. The van der Waals surface area contributed by atoms with E-state index in [-0.39, 0.29) is 5.91 Å². The number of amides is 1. The van der Waals surface area contributed by atoms with Gasteiger partial charge in [0.05, 0.1) is 13.7 Å². The average molecular weight is 278 g/mol. The minimum Gasteiger partial charge on any atom is -0.496 e. The maximum absolute atomic E-state index is 12.0. The summed E-state index contributed by atoms with van der Waals surface area (Å²) in [4.78, 5) is 14.2. The molecular formula is C16H26N2O2. The Morgan fingerprint density at radius 3 is 2.45 bits per heavy atom. The molecule has 4 nitrogen and oxygen atoms in total. The van der Waals surface area contributed by atoms with Gasteiger partial charge in [-0.05, 0) is 32.0 Å². The molecule has 0 fully saturated rings. The molecular weight excluding hydrogens is 252 g/mol. The van der Waals surface area contributed by atoms with Crippen LogP contribution in [0.2, 0.25) is 0 Å². The number of nitrogens with zero attached hydrogens (tertiary/aromatic N) is 1. The van der Waals surface area contributed by atoms with E-state index in [0.717, 1.165) is 37.2 Å². The quantitative estimate of drug-likeness (QED) is 0.754. The number of methoxy groups -OCH3 is 1. The molecule has 0 spiro atoms. The summed E-state index contributed by atoms with van der Waals surface area (Å²) in [6.45, 7) is 7.18. The summed E-state index contributed by atoms with van der Waals surface area (Å²) in [5, 5.41) is 2.96. The van der Waals surface area contributed by atoms with Gasteiger partial charge in [-0.3, -0.25) is 9.69 Å². The van der Waals surface area contributed by atoms with E-state index >= 15 is 0 Å². The molecule has 20 heavy (non-hydrogen) atoms. The second-order valence-electron chi connectivity index (χ2n) is 4.86. The van der Waals surface area contributed by atoms with Gasteiger partial charge in [0.2, 0.25) is 5.91 Å². The van der Waals surface area contributed by atoms with Crippen LogP contribution < -0.4 is 10.1 Å². The van der Waals surface area contributed by atoms with Crippen LogP contribution in [0, 0.1) is 0 Å². The van der Waals surface area contributed by atoms with Crippen molar-refractivity contribution in [2.24, 2.45) is 0 Å². The van der Waals surface area contributed by atoms with E-state index in [1.54, 1.807) is 7.11 Å². The van der Waals surface area contributed by atoms with Crippen molar-refractivity contribution in [2.75, 3.05) is 26.7 Å². The highest BCUT2D eigenvalue weighted by Gasteiger charge is 2.09. The summed E-state index contributed by atoms with van der Waals surface area (Å²) in [6, 6.07) is 7.75. The van der Waals surface area contributed by atoms with E-state index < -0.39 is 0 Å². The zero-order chi connectivity index (χ0) is 14.8. The lowest BCUT2D eigenvalue weighted by Crippen LogP contribution is -2.37. The van der Waals surface area contributed by atoms with Crippen LogP contribution in [0.5, 0.6) is 5.75 Å². The van der Waals surface area contributed by atoms with Gasteiger partial charge in [-0.25, -0.2) is 0 Å². The summed E-state index contributed by atoms with van der Waals surface area (Å²) >= 11 is 0. The Balaban J connectivity index is 2.45. The van der Waals surface area contributed by atoms with Gasteiger partial charge in [0.1, 0.15) is 5.75 Å². The maximum atomic E-state index is 12.0. The number of hydrogen-bond donors (Lipinski definition) is 1. The van der Waals surface area contributed by atoms with Crippen LogP contribution in [0.25, 0.3) is 0 Å². The van der Waals surface area contributed by atoms with Crippen molar-refractivity contribution in [2.45, 2.75) is 33.2 Å². The highest BCUT2D eigenvalue weighted by atomic mass is 16.5. The third kappa shape index (κ3) is 5.61. The predicted molar refractivity (Wildman–Crippen MR) is 81.9 cm³/mol. The Bertz CT molecular complexity index is 401. The topological polar surface area (TPSA) is 41.6 Å². The fourth-order valence-electron chi connectivity index (χ4n) is 2.20. The van der Waals surface area contributed by atoms with Gasteiger partial charge in [0.25, 0.3) is 0 Å². The normalized spacial score (nSPS) is 10.6. The molecule has 0 aliphatic rings. The van der Waals surface area contributed by atoms with Crippen molar-refractivity contribution in [1.82, 2.24) is 10.2 Å². The molecule has 0 saturated heterocycles. The van der Waals surface area contributed by atoms with Crippen molar-refractivity contribution in [1.29, 1.82) is 0 Å². The molecule has 0 radical (unpaired) electrons. The molecule has 1 aromatic rings. The SMILES string of the molecule is CCCN(CCC)CC(=O)NCc1ccccc1OC. The van der Waals surface area contributed by atoms with Crippen LogP contribution in [0.4, 0.5) is 0 Å². The molecule has 0 atom stereocenters. The van der Waals surface area contributed by atoms with Crippen molar-refractivity contribution >= 4 is 5.91 Å². The van der Waals surface area contributed by atoms with Gasteiger partial charge in [0.15, 0.2) is 0 Å². The van der Waals surface area contributed by atoms with Crippen LogP contribution in [0.3, 0.4) is 0 Å². The second-order valence-corrected chi connectivity index (χ2v) is 4.86. The lowest BCUT2D eigenvalue weighted by atomic mass is 10.2. The number of carbonyl (C=O) groups is 1. The van der Waals surface area contributed by atoms with Gasteiger partial charge in [-0.1, -0.05) is 32.0 Å². The van der Waals surface area contributed by atoms with Gasteiger partial charge in [-0.2, -0.15) is 0 Å². The third-order valence-corrected chi connectivity index (χ3v) is 3.12. The molecule has 0 aliphatic carbocycles. The second kappa shape index (κ2) is 9.37. The third-order valence-electron chi connectivity index (χ3n) is 3.12. The van der Waals surface area contributed by atoms with Crippen molar-refractivity contribution in [3.8, 4) is 5.75 Å². The molecule has 0 unspecified atom stereocenters. The first-order valence-electron chi connectivity index (χ1n) is 7.32. The number of hydrogen-bond acceptors (Lipinski definition) is 3. The highest BCUT2D eigenvalue weighted by molar-refractivity contribution is 5.78. The smallest absolute Gasteiger partial charge is 0.234 e. The van der Waals surface area contributed by atoms with Crippen LogP contribution in [-0.4, -0.2) is 37.6 Å². The largest absolute Gasteiger partial charge is 0.496 e. The molecule has 0 saturated carbocycles. The van der Waals surface area contributed by atoms with Gasteiger partial charge < -0.3 is 10.1 Å². The minimum atomic E-state index is 0.0674. The molecule has 1 N–H and O–H groups in total. The molecule has 1 amide bonds. The average Bonchev–Trinajstić information content (AvgIpc) is 2.46. The zero-order valence-electron chi connectivity index (χ0n) is 12.8. The van der Waals surface area contributed by atoms with Gasteiger partial charge >= 0.3 is 0 Å². The van der Waals surface area contributed by atoms with E-state index in [4.69, 9.17) is 4.74 Å². The Morgan fingerprint density at radius 2 is 1.85 bits per heavy atom. The summed E-state index contributed by atoms with van der Waals surface area (Å²) in [5.74, 6) is 0.879. The van der Waals surface area contributed by atoms with E-state index in [9.17, 15) is 4.79 Å². The number of para-hydroxylation sites is 1. The molecule has 0 bridgehead atoms. The lowest BCUT2D eigenvalue weighted by molar-refractivity contribution is -0.122. The molecule has 0 aromatic heterocycles. The van der Waals surface area contributed by atoms with Crippen molar-refractivity contribution in [3.63, 3.8) is 0 Å². The summed E-state index contributed by atoms with van der Waals surface area (Å²) in [6.07, 6.45) is 2.14. The van der Waals surface area contributed by atoms with Crippen LogP contribution in [-0.2, 0) is 11.3 Å². The maximum Gasteiger partial charge on any atom is 0.234 e. The number of nitrogens with one attached hydrogen (secondary N) is 1. The molecule has 1 rings (SSSR count). The van der Waals surface area contributed by atoms with Crippen LogP contribution in [0.15, 0.2) is 24.3 Å². The molecule has 4 heteroatoms. The summed E-state index contributed by atoms with van der Waals surface area (Å²) < 4.78 is 5.27. The standard InChI is InChI=1S/C16H26N2O2/c1-4-10-18(11-5-2)13-16(19)17-12-14-8-6-7-9-15(14)20-3/h6-9H,4-5,10-13H2,1-3H3,(H,17,19). The first-order valence-corrected chi connectivity index (χ1v) is 7.32. The number of benzene rings is 1. The van der Waals surface area contributed by atoms with E-state index in [1.165, 1.54) is 0 Å². The van der Waals surface area contributed by atoms with E-state index in [1.807, 2.05) is 24.3 Å². The highest BCUT2D eigenvalue weighted by Crippen LogP contribution is 2.16. The Hall–Kier alpha value is -1.55.